The quantitative estimate of drug-likeness (QED) is 0.624. The summed E-state index contributed by atoms with van der Waals surface area (Å²) in [6.07, 6.45) is 1.10. The van der Waals surface area contributed by atoms with Gasteiger partial charge in [0, 0.05) is 25.0 Å². The molecular weight excluding hydrogens is 395 g/mol. The SMILES string of the molecule is Cn1c(NC2(c3ccc(C4CCOC4)cc3)COC2)cc2c(Cl)c(Cl)ccc21. The van der Waals surface area contributed by atoms with Gasteiger partial charge in [0.2, 0.25) is 0 Å². The minimum Gasteiger partial charge on any atom is -0.381 e. The largest absolute Gasteiger partial charge is 0.381 e. The highest BCUT2D eigenvalue weighted by Crippen LogP contribution is 2.39. The Bertz CT molecular complexity index is 1020. The summed E-state index contributed by atoms with van der Waals surface area (Å²) in [4.78, 5) is 0. The number of halogens is 2. The highest BCUT2D eigenvalue weighted by atomic mass is 35.5. The predicted molar refractivity (Wildman–Crippen MR) is 114 cm³/mol. The van der Waals surface area contributed by atoms with Crippen LogP contribution in [-0.2, 0) is 22.1 Å². The van der Waals surface area contributed by atoms with Gasteiger partial charge in [0.05, 0.1) is 35.4 Å². The van der Waals surface area contributed by atoms with E-state index in [-0.39, 0.29) is 5.54 Å². The third-order valence-corrected chi connectivity index (χ3v) is 6.86. The zero-order valence-electron chi connectivity index (χ0n) is 15.7. The topological polar surface area (TPSA) is 35.4 Å². The lowest BCUT2D eigenvalue weighted by atomic mass is 9.86. The second-order valence-corrected chi connectivity index (χ2v) is 8.55. The Labute approximate surface area is 174 Å². The van der Waals surface area contributed by atoms with Gasteiger partial charge < -0.3 is 19.4 Å². The van der Waals surface area contributed by atoms with Gasteiger partial charge >= 0.3 is 0 Å². The summed E-state index contributed by atoms with van der Waals surface area (Å²) in [6, 6.07) is 14.8. The molecule has 0 spiro atoms. The molecule has 1 aromatic heterocycles. The number of benzene rings is 2. The molecule has 0 saturated carbocycles. The molecule has 4 nitrogen and oxygen atoms in total. The number of anilines is 1. The van der Waals surface area contributed by atoms with Gasteiger partial charge in [0.15, 0.2) is 0 Å². The summed E-state index contributed by atoms with van der Waals surface area (Å²) >= 11 is 12.6. The first-order valence-corrected chi connectivity index (χ1v) is 10.3. The fourth-order valence-electron chi connectivity index (χ4n) is 4.20. The molecular formula is C22H22Cl2N2O2. The lowest BCUT2D eigenvalue weighted by Crippen LogP contribution is -2.53. The number of hydrogen-bond donors (Lipinski definition) is 1. The van der Waals surface area contributed by atoms with E-state index in [1.54, 1.807) is 0 Å². The van der Waals surface area contributed by atoms with Gasteiger partial charge in [-0.05, 0) is 35.7 Å². The molecule has 6 heteroatoms. The van der Waals surface area contributed by atoms with Crippen LogP contribution in [-0.4, -0.2) is 31.0 Å². The Morgan fingerprint density at radius 3 is 2.50 bits per heavy atom. The smallest absolute Gasteiger partial charge is 0.111 e. The first-order chi connectivity index (χ1) is 13.6. The minimum absolute atomic E-state index is 0.233. The molecule has 1 atom stereocenters. The normalized spacial score (nSPS) is 21.0. The Morgan fingerprint density at radius 1 is 1.07 bits per heavy atom. The summed E-state index contributed by atoms with van der Waals surface area (Å²) in [7, 11) is 2.03. The predicted octanol–water partition coefficient (Wildman–Crippen LogP) is 5.33. The van der Waals surface area contributed by atoms with E-state index in [1.165, 1.54) is 11.1 Å². The molecule has 1 unspecified atom stereocenters. The van der Waals surface area contributed by atoms with E-state index in [0.29, 0.717) is 29.2 Å². The lowest BCUT2D eigenvalue weighted by Gasteiger charge is -2.43. The van der Waals surface area contributed by atoms with Crippen LogP contribution in [0.15, 0.2) is 42.5 Å². The molecule has 0 amide bonds. The van der Waals surface area contributed by atoms with Gasteiger partial charge in [-0.15, -0.1) is 0 Å². The van der Waals surface area contributed by atoms with Crippen LogP contribution in [0.2, 0.25) is 10.0 Å². The van der Waals surface area contributed by atoms with E-state index >= 15 is 0 Å². The van der Waals surface area contributed by atoms with Gasteiger partial charge in [-0.1, -0.05) is 47.5 Å². The van der Waals surface area contributed by atoms with Crippen LogP contribution in [0.25, 0.3) is 10.9 Å². The van der Waals surface area contributed by atoms with Crippen molar-refractivity contribution in [2.75, 3.05) is 31.7 Å². The molecule has 146 valence electrons. The van der Waals surface area contributed by atoms with Crippen LogP contribution in [0.5, 0.6) is 0 Å². The van der Waals surface area contributed by atoms with E-state index < -0.39 is 0 Å². The van der Waals surface area contributed by atoms with Gasteiger partial charge in [-0.3, -0.25) is 0 Å². The number of hydrogen-bond acceptors (Lipinski definition) is 3. The number of aryl methyl sites for hydroxylation is 1. The second kappa shape index (κ2) is 6.96. The Kier molecular flexibility index (Phi) is 4.55. The number of ether oxygens (including phenoxy) is 2. The van der Waals surface area contributed by atoms with Crippen LogP contribution in [0.4, 0.5) is 5.82 Å². The van der Waals surface area contributed by atoms with E-state index in [4.69, 9.17) is 32.7 Å². The van der Waals surface area contributed by atoms with Crippen molar-refractivity contribution in [3.8, 4) is 0 Å². The molecule has 1 N–H and O–H groups in total. The van der Waals surface area contributed by atoms with Gasteiger partial charge in [0.25, 0.3) is 0 Å². The van der Waals surface area contributed by atoms with E-state index in [9.17, 15) is 0 Å². The third-order valence-electron chi connectivity index (χ3n) is 6.04. The van der Waals surface area contributed by atoms with Crippen molar-refractivity contribution in [2.24, 2.45) is 7.05 Å². The van der Waals surface area contributed by atoms with Gasteiger partial charge in [-0.2, -0.15) is 0 Å². The third kappa shape index (κ3) is 2.91. The van der Waals surface area contributed by atoms with Crippen LogP contribution < -0.4 is 5.32 Å². The summed E-state index contributed by atoms with van der Waals surface area (Å²) in [6.45, 7) is 2.95. The van der Waals surface area contributed by atoms with Crippen molar-refractivity contribution >= 4 is 39.9 Å². The Balaban J connectivity index is 1.47. The lowest BCUT2D eigenvalue weighted by molar-refractivity contribution is -0.0449. The molecule has 0 radical (unpaired) electrons. The molecule has 0 aliphatic carbocycles. The highest BCUT2D eigenvalue weighted by molar-refractivity contribution is 6.45. The fourth-order valence-corrected chi connectivity index (χ4v) is 4.58. The summed E-state index contributed by atoms with van der Waals surface area (Å²) < 4.78 is 13.3. The first kappa shape index (κ1) is 18.3. The van der Waals surface area contributed by atoms with Crippen molar-refractivity contribution in [3.63, 3.8) is 0 Å². The van der Waals surface area contributed by atoms with Crippen molar-refractivity contribution in [1.29, 1.82) is 0 Å². The molecule has 3 heterocycles. The molecule has 2 saturated heterocycles. The summed E-state index contributed by atoms with van der Waals surface area (Å²) in [5, 5.41) is 5.82. The molecule has 2 aromatic carbocycles. The molecule has 28 heavy (non-hydrogen) atoms. The maximum atomic E-state index is 6.42. The van der Waals surface area contributed by atoms with Crippen molar-refractivity contribution in [2.45, 2.75) is 17.9 Å². The second-order valence-electron chi connectivity index (χ2n) is 7.77. The number of nitrogens with zero attached hydrogens (tertiary/aromatic N) is 1. The van der Waals surface area contributed by atoms with E-state index in [1.807, 2.05) is 19.2 Å². The standard InChI is InChI=1S/C22H22Cl2N2O2/c1-26-19-7-6-18(23)21(24)17(19)10-20(26)25-22(12-28-13-22)16-4-2-14(3-5-16)15-8-9-27-11-15/h2-7,10,15,25H,8-9,11-13H2,1H3. The molecule has 3 aromatic rings. The Morgan fingerprint density at radius 2 is 1.86 bits per heavy atom. The van der Waals surface area contributed by atoms with Crippen molar-refractivity contribution < 1.29 is 9.47 Å². The molecule has 0 bridgehead atoms. The average Bonchev–Trinajstić information content (AvgIpc) is 3.31. The van der Waals surface area contributed by atoms with Gasteiger partial charge in [-0.25, -0.2) is 0 Å². The Hall–Kier alpha value is -1.72. The van der Waals surface area contributed by atoms with Crippen LogP contribution in [0, 0.1) is 0 Å². The van der Waals surface area contributed by atoms with Crippen molar-refractivity contribution in [1.82, 2.24) is 4.57 Å². The summed E-state index contributed by atoms with van der Waals surface area (Å²) in [5.74, 6) is 1.51. The van der Waals surface area contributed by atoms with Crippen LogP contribution in [0.1, 0.15) is 23.5 Å². The number of rotatable bonds is 4. The maximum absolute atomic E-state index is 6.42. The van der Waals surface area contributed by atoms with E-state index in [0.717, 1.165) is 36.4 Å². The fraction of sp³-hybridized carbons (Fsp3) is 0.364. The average molecular weight is 417 g/mol. The number of fused-ring (bicyclic) bond motifs is 1. The number of nitrogens with one attached hydrogen (secondary N) is 1. The highest BCUT2D eigenvalue weighted by Gasteiger charge is 2.41. The maximum Gasteiger partial charge on any atom is 0.111 e. The molecule has 2 fully saturated rings. The van der Waals surface area contributed by atoms with Gasteiger partial charge in [0.1, 0.15) is 11.4 Å². The zero-order valence-corrected chi connectivity index (χ0v) is 17.2. The first-order valence-electron chi connectivity index (χ1n) is 9.55. The molecule has 2 aliphatic heterocycles. The van der Waals surface area contributed by atoms with E-state index in [2.05, 4.69) is 40.2 Å². The summed E-state index contributed by atoms with van der Waals surface area (Å²) in [5.41, 5.74) is 3.39. The van der Waals surface area contributed by atoms with Crippen LogP contribution in [0.3, 0.4) is 0 Å². The zero-order chi connectivity index (χ0) is 19.3. The minimum atomic E-state index is -0.233. The van der Waals surface area contributed by atoms with Crippen LogP contribution >= 0.6 is 23.2 Å². The molecule has 2 aliphatic rings. The monoisotopic (exact) mass is 416 g/mol. The van der Waals surface area contributed by atoms with Crippen molar-refractivity contribution in [3.05, 3.63) is 63.6 Å². The molecule has 5 rings (SSSR count). The number of aromatic nitrogens is 1.